The van der Waals surface area contributed by atoms with E-state index < -0.39 is 24.0 Å². The number of benzene rings is 2. The molecule has 9 heteroatoms. The van der Waals surface area contributed by atoms with Crippen LogP contribution in [-0.4, -0.2) is 19.0 Å². The van der Waals surface area contributed by atoms with Crippen LogP contribution >= 0.6 is 44.3 Å². The van der Waals surface area contributed by atoms with Crippen molar-refractivity contribution >= 4 is 56.1 Å². The third kappa shape index (κ3) is 7.84. The second-order valence-electron chi connectivity index (χ2n) is 4.98. The standard InChI is InChI=1S/C9H10BrNO2.C8H9BrN2O.ClH/c1-13-9(12)8(11)6-2-4-7(10)5-3-6;9-6-3-1-5(2-4-6)7(10)8(11)12;/h2-5,8H,11H2,1H3;1-4,7H,10H2,(H2,11,12);1H. The van der Waals surface area contributed by atoms with E-state index >= 15 is 0 Å². The van der Waals surface area contributed by atoms with E-state index in [9.17, 15) is 9.59 Å². The molecule has 2 rings (SSSR count). The van der Waals surface area contributed by atoms with E-state index in [-0.39, 0.29) is 12.4 Å². The van der Waals surface area contributed by atoms with Gasteiger partial charge >= 0.3 is 5.97 Å². The maximum Gasteiger partial charge on any atom is 0.327 e. The van der Waals surface area contributed by atoms with Gasteiger partial charge in [0.25, 0.3) is 0 Å². The molecule has 2 aromatic carbocycles. The van der Waals surface area contributed by atoms with Crippen molar-refractivity contribution in [2.24, 2.45) is 17.2 Å². The highest BCUT2D eigenvalue weighted by Gasteiger charge is 2.15. The van der Waals surface area contributed by atoms with E-state index in [2.05, 4.69) is 36.6 Å². The summed E-state index contributed by atoms with van der Waals surface area (Å²) in [5.74, 6) is -0.945. The molecule has 0 saturated carbocycles. The summed E-state index contributed by atoms with van der Waals surface area (Å²) in [4.78, 5) is 21.7. The van der Waals surface area contributed by atoms with Gasteiger partial charge in [0.1, 0.15) is 12.1 Å². The van der Waals surface area contributed by atoms with E-state index in [4.69, 9.17) is 17.2 Å². The average Bonchev–Trinajstić information content (AvgIpc) is 2.61. The molecule has 2 unspecified atom stereocenters. The van der Waals surface area contributed by atoms with Crippen molar-refractivity contribution < 1.29 is 14.3 Å². The molecule has 0 aliphatic carbocycles. The first kappa shape index (κ1) is 24.6. The molecule has 1 amide bonds. The quantitative estimate of drug-likeness (QED) is 0.547. The van der Waals surface area contributed by atoms with Gasteiger partial charge in [0.15, 0.2) is 0 Å². The molecular weight excluding hydrogens is 489 g/mol. The fourth-order valence-corrected chi connectivity index (χ4v) is 2.30. The Morgan fingerprint density at radius 2 is 1.19 bits per heavy atom. The van der Waals surface area contributed by atoms with Crippen LogP contribution in [0.2, 0.25) is 0 Å². The van der Waals surface area contributed by atoms with Gasteiger partial charge in [-0.1, -0.05) is 56.1 Å². The number of amides is 1. The first-order valence-electron chi connectivity index (χ1n) is 7.15. The fraction of sp³-hybridized carbons (Fsp3) is 0.176. The zero-order chi connectivity index (χ0) is 19.0. The number of methoxy groups -OCH3 is 1. The van der Waals surface area contributed by atoms with Crippen LogP contribution in [0, 0.1) is 0 Å². The molecule has 2 atom stereocenters. The molecule has 6 N–H and O–H groups in total. The van der Waals surface area contributed by atoms with Gasteiger partial charge in [0, 0.05) is 8.95 Å². The maximum atomic E-state index is 11.0. The Labute approximate surface area is 175 Å². The molecule has 142 valence electrons. The monoisotopic (exact) mass is 507 g/mol. The minimum Gasteiger partial charge on any atom is -0.468 e. The number of esters is 1. The number of ether oxygens (including phenoxy) is 1. The number of carbonyl (C=O) groups excluding carboxylic acids is 2. The molecule has 0 aliphatic rings. The third-order valence-electron chi connectivity index (χ3n) is 3.22. The summed E-state index contributed by atoms with van der Waals surface area (Å²) in [6, 6.07) is 13.0. The molecule has 6 nitrogen and oxygen atoms in total. The lowest BCUT2D eigenvalue weighted by Crippen LogP contribution is -2.28. The Bertz CT molecular complexity index is 712. The topological polar surface area (TPSA) is 121 Å². The first-order chi connectivity index (χ1) is 11.8. The number of hydrogen-bond acceptors (Lipinski definition) is 5. The Morgan fingerprint density at radius 3 is 1.50 bits per heavy atom. The van der Waals surface area contributed by atoms with E-state index in [1.165, 1.54) is 7.11 Å². The van der Waals surface area contributed by atoms with Crippen molar-refractivity contribution in [3.05, 3.63) is 68.6 Å². The smallest absolute Gasteiger partial charge is 0.327 e. The van der Waals surface area contributed by atoms with Crippen molar-refractivity contribution in [3.63, 3.8) is 0 Å². The molecule has 26 heavy (non-hydrogen) atoms. The number of nitrogens with two attached hydrogens (primary N) is 3. The number of rotatable bonds is 4. The van der Waals surface area contributed by atoms with Crippen molar-refractivity contribution in [3.8, 4) is 0 Å². The van der Waals surface area contributed by atoms with E-state index in [0.717, 1.165) is 20.1 Å². The van der Waals surface area contributed by atoms with Gasteiger partial charge in [0.2, 0.25) is 5.91 Å². The van der Waals surface area contributed by atoms with Gasteiger partial charge in [-0.25, -0.2) is 0 Å². The summed E-state index contributed by atoms with van der Waals surface area (Å²) in [7, 11) is 1.32. The number of hydrogen-bond donors (Lipinski definition) is 3. The molecule has 0 saturated heterocycles. The Hall–Kier alpha value is -1.45. The van der Waals surface area contributed by atoms with E-state index in [1.807, 2.05) is 24.3 Å². The predicted octanol–water partition coefficient (Wildman–Crippen LogP) is 2.98. The highest BCUT2D eigenvalue weighted by atomic mass is 79.9. The van der Waals surface area contributed by atoms with Gasteiger partial charge in [-0.15, -0.1) is 12.4 Å². The van der Waals surface area contributed by atoms with E-state index in [0.29, 0.717) is 0 Å². The summed E-state index contributed by atoms with van der Waals surface area (Å²) in [6.07, 6.45) is 0. The van der Waals surface area contributed by atoms with Gasteiger partial charge in [-0.05, 0) is 35.4 Å². The minimum atomic E-state index is -0.710. The van der Waals surface area contributed by atoms with E-state index in [1.54, 1.807) is 24.3 Å². The Morgan fingerprint density at radius 1 is 0.846 bits per heavy atom. The van der Waals surface area contributed by atoms with Gasteiger partial charge < -0.3 is 21.9 Å². The Kier molecular flexibility index (Phi) is 11.4. The molecular formula is C17H20Br2ClN3O3. The SMILES string of the molecule is COC(=O)C(N)c1ccc(Br)cc1.Cl.NC(=O)C(N)c1ccc(Br)cc1. The van der Waals surface area contributed by atoms with Crippen LogP contribution in [-0.2, 0) is 14.3 Å². The van der Waals surface area contributed by atoms with Crippen molar-refractivity contribution in [1.29, 1.82) is 0 Å². The van der Waals surface area contributed by atoms with Crippen molar-refractivity contribution in [2.45, 2.75) is 12.1 Å². The van der Waals surface area contributed by atoms with Crippen LogP contribution in [0.5, 0.6) is 0 Å². The van der Waals surface area contributed by atoms with Gasteiger partial charge in [0.05, 0.1) is 7.11 Å². The van der Waals surface area contributed by atoms with Crippen LogP contribution in [0.25, 0.3) is 0 Å². The van der Waals surface area contributed by atoms with Gasteiger partial charge in [-0.2, -0.15) is 0 Å². The van der Waals surface area contributed by atoms with Crippen molar-refractivity contribution in [2.75, 3.05) is 7.11 Å². The number of primary amides is 1. The first-order valence-corrected chi connectivity index (χ1v) is 8.74. The maximum absolute atomic E-state index is 11.0. The van der Waals surface area contributed by atoms with Crippen LogP contribution in [0.4, 0.5) is 0 Å². The molecule has 0 radical (unpaired) electrons. The Balaban J connectivity index is 0.000000464. The molecule has 0 fully saturated rings. The zero-order valence-electron chi connectivity index (χ0n) is 13.9. The van der Waals surface area contributed by atoms with Crippen LogP contribution in [0.15, 0.2) is 57.5 Å². The largest absolute Gasteiger partial charge is 0.468 e. The average molecular weight is 510 g/mol. The van der Waals surface area contributed by atoms with Gasteiger partial charge in [-0.3, -0.25) is 9.59 Å². The minimum absolute atomic E-state index is 0. The second kappa shape index (κ2) is 12.0. The van der Waals surface area contributed by atoms with Crippen molar-refractivity contribution in [1.82, 2.24) is 0 Å². The molecule has 0 aromatic heterocycles. The van der Waals surface area contributed by atoms with Crippen LogP contribution < -0.4 is 17.2 Å². The zero-order valence-corrected chi connectivity index (χ0v) is 17.9. The summed E-state index contributed by atoms with van der Waals surface area (Å²) in [5.41, 5.74) is 17.6. The highest BCUT2D eigenvalue weighted by Crippen LogP contribution is 2.16. The normalized spacial score (nSPS) is 11.9. The number of carbonyl (C=O) groups is 2. The predicted molar refractivity (Wildman–Crippen MR) is 111 cm³/mol. The lowest BCUT2D eigenvalue weighted by Gasteiger charge is -2.08. The molecule has 0 bridgehead atoms. The summed E-state index contributed by atoms with van der Waals surface area (Å²) < 4.78 is 6.42. The molecule has 2 aromatic rings. The third-order valence-corrected chi connectivity index (χ3v) is 4.28. The fourth-order valence-electron chi connectivity index (χ4n) is 1.77. The summed E-state index contributed by atoms with van der Waals surface area (Å²) in [6.45, 7) is 0. The molecule has 0 spiro atoms. The second-order valence-corrected chi connectivity index (χ2v) is 6.82. The summed E-state index contributed by atoms with van der Waals surface area (Å²) >= 11 is 6.57. The molecule has 0 heterocycles. The lowest BCUT2D eigenvalue weighted by atomic mass is 10.1. The summed E-state index contributed by atoms with van der Waals surface area (Å²) in [5, 5.41) is 0. The number of halogens is 3. The van der Waals surface area contributed by atoms with Crippen LogP contribution in [0.3, 0.4) is 0 Å². The van der Waals surface area contributed by atoms with Crippen LogP contribution in [0.1, 0.15) is 23.2 Å². The highest BCUT2D eigenvalue weighted by molar-refractivity contribution is 9.10. The molecule has 0 aliphatic heterocycles. The lowest BCUT2D eigenvalue weighted by molar-refractivity contribution is -0.142.